The van der Waals surface area contributed by atoms with Crippen molar-refractivity contribution in [1.29, 1.82) is 0 Å². The lowest BCUT2D eigenvalue weighted by molar-refractivity contribution is -0.166. The molecule has 0 fully saturated rings. The minimum atomic E-state index is -4.12. The molecule has 1 heterocycles. The van der Waals surface area contributed by atoms with Crippen LogP contribution in [0.4, 0.5) is 17.6 Å². The minimum absolute atomic E-state index is 0.102. The first-order valence-electron chi connectivity index (χ1n) is 6.28. The molecule has 1 rings (SSSR count). The lowest BCUT2D eigenvalue weighted by Crippen LogP contribution is -2.37. The first-order chi connectivity index (χ1) is 9.69. The number of aryl methyl sites for hydroxylation is 2. The maximum atomic E-state index is 12.7. The fraction of sp³-hybridized carbons (Fsp3) is 0.750. The van der Waals surface area contributed by atoms with Gasteiger partial charge in [0.15, 0.2) is 0 Å². The molecule has 1 N–H and O–H groups in total. The van der Waals surface area contributed by atoms with E-state index in [1.807, 2.05) is 6.92 Å². The van der Waals surface area contributed by atoms with E-state index >= 15 is 0 Å². The molecule has 0 aliphatic rings. The molecular weight excluding hydrogens is 358 g/mol. The van der Waals surface area contributed by atoms with Crippen molar-refractivity contribution in [3.05, 3.63) is 15.9 Å². The highest BCUT2D eigenvalue weighted by Gasteiger charge is 2.41. The number of rotatable bonds is 8. The summed E-state index contributed by atoms with van der Waals surface area (Å²) in [7, 11) is 3.42. The third-order valence-electron chi connectivity index (χ3n) is 3.04. The number of halogens is 5. The Balaban J connectivity index is 2.57. The molecule has 21 heavy (non-hydrogen) atoms. The Labute approximate surface area is 129 Å². The molecule has 122 valence electrons. The van der Waals surface area contributed by atoms with Crippen LogP contribution in [0.25, 0.3) is 0 Å². The van der Waals surface area contributed by atoms with Gasteiger partial charge in [-0.05, 0) is 29.9 Å². The molecule has 0 saturated carbocycles. The summed E-state index contributed by atoms with van der Waals surface area (Å²) in [6.07, 6.45) is -3.26. The quantitative estimate of drug-likeness (QED) is 0.709. The zero-order chi connectivity index (χ0) is 16.2. The second-order valence-electron chi connectivity index (χ2n) is 4.74. The molecular formula is C12H18BrF4N3O. The largest absolute Gasteiger partial charge is 0.373 e. The van der Waals surface area contributed by atoms with Crippen LogP contribution in [0.5, 0.6) is 0 Å². The highest BCUT2D eigenvalue weighted by molar-refractivity contribution is 9.10. The molecule has 0 saturated heterocycles. The van der Waals surface area contributed by atoms with Crippen molar-refractivity contribution in [3.8, 4) is 0 Å². The molecule has 0 spiro atoms. The first-order valence-corrected chi connectivity index (χ1v) is 7.07. The van der Waals surface area contributed by atoms with E-state index in [-0.39, 0.29) is 12.6 Å². The summed E-state index contributed by atoms with van der Waals surface area (Å²) in [5.74, 6) is -4.12. The van der Waals surface area contributed by atoms with Gasteiger partial charge in [0.05, 0.1) is 22.5 Å². The van der Waals surface area contributed by atoms with E-state index in [1.54, 1.807) is 18.8 Å². The summed E-state index contributed by atoms with van der Waals surface area (Å²) in [5, 5.41) is 7.13. The topological polar surface area (TPSA) is 39.1 Å². The smallest absolute Gasteiger partial charge is 0.330 e. The number of hydrogen-bond acceptors (Lipinski definition) is 3. The zero-order valence-corrected chi connectivity index (χ0v) is 13.6. The Hall–Kier alpha value is -0.670. The molecule has 1 unspecified atom stereocenters. The average molecular weight is 376 g/mol. The Kier molecular flexibility index (Phi) is 6.61. The minimum Gasteiger partial charge on any atom is -0.373 e. The second-order valence-corrected chi connectivity index (χ2v) is 5.53. The highest BCUT2D eigenvalue weighted by Crippen LogP contribution is 2.24. The van der Waals surface area contributed by atoms with Crippen LogP contribution < -0.4 is 5.32 Å². The summed E-state index contributed by atoms with van der Waals surface area (Å²) in [5.41, 5.74) is 1.68. The number of aromatic nitrogens is 2. The molecule has 1 atom stereocenters. The molecule has 0 aliphatic carbocycles. The molecule has 4 nitrogen and oxygen atoms in total. The average Bonchev–Trinajstić information content (AvgIpc) is 2.63. The van der Waals surface area contributed by atoms with Crippen LogP contribution in [0, 0.1) is 6.92 Å². The Bertz CT molecular complexity index is 468. The monoisotopic (exact) mass is 375 g/mol. The molecule has 1 aromatic rings. The predicted octanol–water partition coefficient (Wildman–Crippen LogP) is 2.54. The SMILES string of the molecule is CNC(COCC(F)(F)C(F)F)Cc1c(Br)c(C)nn1C. The van der Waals surface area contributed by atoms with Gasteiger partial charge in [0.25, 0.3) is 0 Å². The van der Waals surface area contributed by atoms with Crippen molar-refractivity contribution >= 4 is 15.9 Å². The summed E-state index contributed by atoms with van der Waals surface area (Å²) in [4.78, 5) is 0. The maximum Gasteiger partial charge on any atom is 0.330 e. The number of nitrogens with zero attached hydrogens (tertiary/aromatic N) is 2. The van der Waals surface area contributed by atoms with E-state index in [9.17, 15) is 17.6 Å². The van der Waals surface area contributed by atoms with Crippen molar-refractivity contribution in [2.75, 3.05) is 20.3 Å². The fourth-order valence-electron chi connectivity index (χ4n) is 1.78. The summed E-state index contributed by atoms with van der Waals surface area (Å²) in [6, 6.07) is -0.287. The van der Waals surface area contributed by atoms with E-state index in [0.29, 0.717) is 6.42 Å². The van der Waals surface area contributed by atoms with Crippen molar-refractivity contribution in [2.45, 2.75) is 31.7 Å². The number of ether oxygens (including phenoxy) is 1. The van der Waals surface area contributed by atoms with Crippen LogP contribution in [0.1, 0.15) is 11.4 Å². The van der Waals surface area contributed by atoms with Crippen molar-refractivity contribution in [1.82, 2.24) is 15.1 Å². The molecule has 0 radical (unpaired) electrons. The standard InChI is InChI=1S/C12H18BrF4N3O/c1-7-10(13)9(20(3)19-7)4-8(18-2)5-21-6-12(16,17)11(14)15/h8,11,18H,4-6H2,1-3H3. The van der Waals surface area contributed by atoms with Gasteiger partial charge < -0.3 is 10.1 Å². The van der Waals surface area contributed by atoms with Crippen LogP contribution in [0.2, 0.25) is 0 Å². The Morgan fingerprint density at radius 2 is 2.05 bits per heavy atom. The van der Waals surface area contributed by atoms with Gasteiger partial charge in [0, 0.05) is 19.5 Å². The van der Waals surface area contributed by atoms with E-state index in [2.05, 4.69) is 26.3 Å². The first kappa shape index (κ1) is 18.4. The number of likely N-dealkylation sites (N-methyl/N-ethyl adjacent to an activating group) is 1. The van der Waals surface area contributed by atoms with Gasteiger partial charge in [-0.25, -0.2) is 8.78 Å². The Morgan fingerprint density at radius 1 is 1.43 bits per heavy atom. The van der Waals surface area contributed by atoms with Crippen molar-refractivity contribution < 1.29 is 22.3 Å². The van der Waals surface area contributed by atoms with E-state index in [1.165, 1.54) is 0 Å². The van der Waals surface area contributed by atoms with Gasteiger partial charge in [0.2, 0.25) is 0 Å². The molecule has 0 aliphatic heterocycles. The highest BCUT2D eigenvalue weighted by atomic mass is 79.9. The van der Waals surface area contributed by atoms with Gasteiger partial charge in [0.1, 0.15) is 6.61 Å². The lowest BCUT2D eigenvalue weighted by atomic mass is 10.1. The van der Waals surface area contributed by atoms with Crippen molar-refractivity contribution in [3.63, 3.8) is 0 Å². The van der Waals surface area contributed by atoms with Crippen LogP contribution in [-0.4, -0.2) is 48.4 Å². The van der Waals surface area contributed by atoms with Gasteiger partial charge in [-0.2, -0.15) is 13.9 Å². The molecule has 1 aromatic heterocycles. The van der Waals surface area contributed by atoms with E-state index < -0.39 is 19.0 Å². The number of alkyl halides is 4. The fourth-order valence-corrected chi connectivity index (χ4v) is 2.28. The third-order valence-corrected chi connectivity index (χ3v) is 4.07. The van der Waals surface area contributed by atoms with Gasteiger partial charge >= 0.3 is 12.3 Å². The normalized spacial score (nSPS) is 14.0. The molecule has 0 amide bonds. The van der Waals surface area contributed by atoms with Crippen molar-refractivity contribution in [2.24, 2.45) is 7.05 Å². The van der Waals surface area contributed by atoms with Gasteiger partial charge in [-0.15, -0.1) is 0 Å². The molecule has 9 heteroatoms. The van der Waals surface area contributed by atoms with Crippen LogP contribution in [-0.2, 0) is 18.2 Å². The van der Waals surface area contributed by atoms with Crippen LogP contribution in [0.3, 0.4) is 0 Å². The third kappa shape index (κ3) is 4.93. The van der Waals surface area contributed by atoms with Crippen LogP contribution in [0.15, 0.2) is 4.47 Å². The second kappa shape index (κ2) is 7.55. The Morgan fingerprint density at radius 3 is 2.48 bits per heavy atom. The summed E-state index contributed by atoms with van der Waals surface area (Å²) in [6.45, 7) is 0.436. The number of hydrogen-bond donors (Lipinski definition) is 1. The predicted molar refractivity (Wildman–Crippen MR) is 74.0 cm³/mol. The van der Waals surface area contributed by atoms with E-state index in [0.717, 1.165) is 15.9 Å². The maximum absolute atomic E-state index is 12.7. The molecule has 0 aromatic carbocycles. The van der Waals surface area contributed by atoms with Gasteiger partial charge in [-0.1, -0.05) is 0 Å². The zero-order valence-electron chi connectivity index (χ0n) is 12.0. The summed E-state index contributed by atoms with van der Waals surface area (Å²) < 4.78 is 56.8. The van der Waals surface area contributed by atoms with E-state index in [4.69, 9.17) is 4.74 Å². The number of nitrogens with one attached hydrogen (secondary N) is 1. The van der Waals surface area contributed by atoms with Crippen LogP contribution >= 0.6 is 15.9 Å². The summed E-state index contributed by atoms with van der Waals surface area (Å²) >= 11 is 3.41. The lowest BCUT2D eigenvalue weighted by Gasteiger charge is -2.20. The molecule has 0 bridgehead atoms. The van der Waals surface area contributed by atoms with Gasteiger partial charge in [-0.3, -0.25) is 4.68 Å².